The third kappa shape index (κ3) is 2.63. The van der Waals surface area contributed by atoms with E-state index in [4.69, 9.17) is 5.73 Å². The fourth-order valence-electron chi connectivity index (χ4n) is 1.85. The Morgan fingerprint density at radius 2 is 2.32 bits per heavy atom. The minimum atomic E-state index is -0.152. The summed E-state index contributed by atoms with van der Waals surface area (Å²) >= 11 is 1.65. The standard InChI is InChI=1S/C13H18N4OS/c1-4-9-11(14)12(16-15-9)13(18)17(3)7-10-8(2)5-6-19-10/h5-6H,4,7,14H2,1-3H3,(H,15,16). The quantitative estimate of drug-likeness (QED) is 0.900. The van der Waals surface area contributed by atoms with E-state index in [9.17, 15) is 4.79 Å². The average Bonchev–Trinajstić information content (AvgIpc) is 2.95. The van der Waals surface area contributed by atoms with Crippen LogP contribution in [0.25, 0.3) is 0 Å². The number of carbonyl (C=O) groups is 1. The second kappa shape index (κ2) is 5.44. The number of H-pyrrole nitrogens is 1. The first-order valence-electron chi connectivity index (χ1n) is 6.15. The summed E-state index contributed by atoms with van der Waals surface area (Å²) < 4.78 is 0. The summed E-state index contributed by atoms with van der Waals surface area (Å²) in [4.78, 5) is 15.1. The van der Waals surface area contributed by atoms with Crippen LogP contribution < -0.4 is 5.73 Å². The molecule has 0 spiro atoms. The summed E-state index contributed by atoms with van der Waals surface area (Å²) in [6.45, 7) is 4.59. The van der Waals surface area contributed by atoms with Gasteiger partial charge in [-0.05, 0) is 30.4 Å². The number of hydrogen-bond donors (Lipinski definition) is 2. The van der Waals surface area contributed by atoms with Crippen molar-refractivity contribution in [2.45, 2.75) is 26.8 Å². The zero-order valence-electron chi connectivity index (χ0n) is 11.4. The van der Waals surface area contributed by atoms with Gasteiger partial charge in [-0.25, -0.2) is 0 Å². The second-order valence-corrected chi connectivity index (χ2v) is 5.51. The molecule has 19 heavy (non-hydrogen) atoms. The highest BCUT2D eigenvalue weighted by Gasteiger charge is 2.20. The number of nitrogens with one attached hydrogen (secondary N) is 1. The molecule has 0 fully saturated rings. The number of thiophene rings is 1. The molecule has 0 aliphatic rings. The van der Waals surface area contributed by atoms with Crippen molar-refractivity contribution >= 4 is 22.9 Å². The van der Waals surface area contributed by atoms with E-state index in [0.717, 1.165) is 12.1 Å². The molecular formula is C13H18N4OS. The van der Waals surface area contributed by atoms with Crippen molar-refractivity contribution in [2.75, 3.05) is 12.8 Å². The molecule has 0 atom stereocenters. The Morgan fingerprint density at radius 1 is 1.58 bits per heavy atom. The van der Waals surface area contributed by atoms with E-state index in [1.54, 1.807) is 23.3 Å². The van der Waals surface area contributed by atoms with Crippen LogP contribution in [0.15, 0.2) is 11.4 Å². The summed E-state index contributed by atoms with van der Waals surface area (Å²) in [5.74, 6) is -0.152. The maximum absolute atomic E-state index is 12.3. The summed E-state index contributed by atoms with van der Waals surface area (Å²) in [6, 6.07) is 2.05. The van der Waals surface area contributed by atoms with Gasteiger partial charge >= 0.3 is 0 Å². The number of aromatic amines is 1. The predicted octanol–water partition coefficient (Wildman–Crippen LogP) is 2.20. The highest BCUT2D eigenvalue weighted by molar-refractivity contribution is 7.10. The zero-order valence-corrected chi connectivity index (χ0v) is 12.2. The summed E-state index contributed by atoms with van der Waals surface area (Å²) in [7, 11) is 1.77. The van der Waals surface area contributed by atoms with Crippen molar-refractivity contribution < 1.29 is 4.79 Å². The molecule has 0 saturated carbocycles. The molecule has 102 valence electrons. The van der Waals surface area contributed by atoms with Crippen molar-refractivity contribution in [1.82, 2.24) is 15.1 Å². The topological polar surface area (TPSA) is 75.0 Å². The Morgan fingerprint density at radius 3 is 2.84 bits per heavy atom. The van der Waals surface area contributed by atoms with Crippen LogP contribution in [0.5, 0.6) is 0 Å². The maximum atomic E-state index is 12.3. The van der Waals surface area contributed by atoms with E-state index >= 15 is 0 Å². The lowest BCUT2D eigenvalue weighted by molar-refractivity contribution is 0.0781. The van der Waals surface area contributed by atoms with Crippen molar-refractivity contribution in [3.05, 3.63) is 33.3 Å². The van der Waals surface area contributed by atoms with E-state index in [0.29, 0.717) is 17.9 Å². The van der Waals surface area contributed by atoms with Crippen LogP contribution in [0.1, 0.15) is 33.5 Å². The van der Waals surface area contributed by atoms with Gasteiger partial charge in [-0.2, -0.15) is 5.10 Å². The molecule has 0 unspecified atom stereocenters. The number of nitrogen functional groups attached to an aromatic ring is 1. The molecule has 3 N–H and O–H groups in total. The molecule has 2 heterocycles. The smallest absolute Gasteiger partial charge is 0.276 e. The molecule has 6 heteroatoms. The summed E-state index contributed by atoms with van der Waals surface area (Å²) in [6.07, 6.45) is 0.736. The number of carbonyl (C=O) groups excluding carboxylic acids is 1. The minimum absolute atomic E-state index is 0.152. The van der Waals surface area contributed by atoms with E-state index in [1.165, 1.54) is 10.4 Å². The lowest BCUT2D eigenvalue weighted by Crippen LogP contribution is -2.27. The first-order chi connectivity index (χ1) is 9.04. The number of aromatic nitrogens is 2. The molecule has 2 aromatic heterocycles. The molecule has 0 aliphatic heterocycles. The van der Waals surface area contributed by atoms with Gasteiger partial charge in [0.1, 0.15) is 0 Å². The Bertz CT molecular complexity index is 587. The third-order valence-corrected chi connectivity index (χ3v) is 4.14. The molecule has 0 aliphatic carbocycles. The van der Waals surface area contributed by atoms with Gasteiger partial charge in [0.05, 0.1) is 17.9 Å². The predicted molar refractivity (Wildman–Crippen MR) is 77.2 cm³/mol. The Labute approximate surface area is 116 Å². The maximum Gasteiger partial charge on any atom is 0.276 e. The molecule has 0 radical (unpaired) electrons. The lowest BCUT2D eigenvalue weighted by atomic mass is 10.2. The fourth-order valence-corrected chi connectivity index (χ4v) is 2.81. The number of anilines is 1. The second-order valence-electron chi connectivity index (χ2n) is 4.51. The van der Waals surface area contributed by atoms with Crippen LogP contribution in [-0.4, -0.2) is 28.1 Å². The fraction of sp³-hybridized carbons (Fsp3) is 0.385. The molecule has 5 nitrogen and oxygen atoms in total. The highest BCUT2D eigenvalue weighted by Crippen LogP contribution is 2.20. The van der Waals surface area contributed by atoms with Crippen LogP contribution in [-0.2, 0) is 13.0 Å². The molecular weight excluding hydrogens is 260 g/mol. The largest absolute Gasteiger partial charge is 0.395 e. The highest BCUT2D eigenvalue weighted by atomic mass is 32.1. The summed E-state index contributed by atoms with van der Waals surface area (Å²) in [5.41, 5.74) is 8.70. The van der Waals surface area contributed by atoms with Crippen LogP contribution in [0.2, 0.25) is 0 Å². The van der Waals surface area contributed by atoms with Crippen molar-refractivity contribution in [1.29, 1.82) is 0 Å². The molecule has 2 aromatic rings. The lowest BCUT2D eigenvalue weighted by Gasteiger charge is -2.15. The van der Waals surface area contributed by atoms with E-state index < -0.39 is 0 Å². The number of aryl methyl sites for hydroxylation is 2. The SMILES string of the molecule is CCc1[nH]nc(C(=O)N(C)Cc2sccc2C)c1N. The number of hydrogen-bond acceptors (Lipinski definition) is 4. The van der Waals surface area contributed by atoms with Gasteiger partial charge in [0.2, 0.25) is 0 Å². The van der Waals surface area contributed by atoms with Crippen LogP contribution in [0.3, 0.4) is 0 Å². The number of amides is 1. The molecule has 2 rings (SSSR count). The van der Waals surface area contributed by atoms with Crippen molar-refractivity contribution in [3.8, 4) is 0 Å². The third-order valence-electron chi connectivity index (χ3n) is 3.13. The normalized spacial score (nSPS) is 10.7. The van der Waals surface area contributed by atoms with Gasteiger partial charge in [-0.3, -0.25) is 9.89 Å². The number of nitrogens with zero attached hydrogens (tertiary/aromatic N) is 2. The molecule has 0 saturated heterocycles. The molecule has 0 bridgehead atoms. The summed E-state index contributed by atoms with van der Waals surface area (Å²) in [5, 5.41) is 8.86. The van der Waals surface area contributed by atoms with Crippen LogP contribution >= 0.6 is 11.3 Å². The number of rotatable bonds is 4. The Kier molecular flexibility index (Phi) is 3.90. The zero-order chi connectivity index (χ0) is 14.0. The van der Waals surface area contributed by atoms with Crippen LogP contribution in [0.4, 0.5) is 5.69 Å². The molecule has 1 amide bonds. The van der Waals surface area contributed by atoms with Gasteiger partial charge in [-0.1, -0.05) is 6.92 Å². The van der Waals surface area contributed by atoms with Gasteiger partial charge in [0.15, 0.2) is 5.69 Å². The molecule has 0 aromatic carbocycles. The Hall–Kier alpha value is -1.82. The first kappa shape index (κ1) is 13.6. The van der Waals surface area contributed by atoms with Gasteiger partial charge < -0.3 is 10.6 Å². The minimum Gasteiger partial charge on any atom is -0.395 e. The average molecular weight is 278 g/mol. The van der Waals surface area contributed by atoms with E-state index in [1.807, 2.05) is 19.2 Å². The van der Waals surface area contributed by atoms with Gasteiger partial charge in [-0.15, -0.1) is 11.3 Å². The van der Waals surface area contributed by atoms with Gasteiger partial charge in [0.25, 0.3) is 5.91 Å². The van der Waals surface area contributed by atoms with E-state index in [2.05, 4.69) is 16.3 Å². The van der Waals surface area contributed by atoms with Crippen LogP contribution in [0, 0.1) is 6.92 Å². The first-order valence-corrected chi connectivity index (χ1v) is 7.03. The van der Waals surface area contributed by atoms with Crippen molar-refractivity contribution in [2.24, 2.45) is 0 Å². The van der Waals surface area contributed by atoms with Crippen molar-refractivity contribution in [3.63, 3.8) is 0 Å². The monoisotopic (exact) mass is 278 g/mol. The number of nitrogens with two attached hydrogens (primary N) is 1. The van der Waals surface area contributed by atoms with Gasteiger partial charge in [0, 0.05) is 11.9 Å². The Balaban J connectivity index is 2.15. The van der Waals surface area contributed by atoms with E-state index in [-0.39, 0.29) is 5.91 Å².